The number of imide groups is 1. The smallest absolute Gasteiger partial charge is 0.324 e. The monoisotopic (exact) mass is 352 g/mol. The van der Waals surface area contributed by atoms with Gasteiger partial charge in [-0.2, -0.15) is 0 Å². The minimum atomic E-state index is -0.469. The van der Waals surface area contributed by atoms with E-state index in [0.717, 1.165) is 48.8 Å². The third-order valence-electron chi connectivity index (χ3n) is 5.43. The number of urea groups is 1. The van der Waals surface area contributed by atoms with Gasteiger partial charge in [-0.3, -0.25) is 9.69 Å². The van der Waals surface area contributed by atoms with Gasteiger partial charge in [0.1, 0.15) is 6.04 Å². The zero-order chi connectivity index (χ0) is 17.9. The molecule has 3 amide bonds. The van der Waals surface area contributed by atoms with Gasteiger partial charge in [0.25, 0.3) is 5.91 Å². The van der Waals surface area contributed by atoms with E-state index in [0.29, 0.717) is 18.9 Å². The van der Waals surface area contributed by atoms with Crippen LogP contribution in [0, 0.1) is 5.92 Å². The Labute approximate surface area is 153 Å². The van der Waals surface area contributed by atoms with Gasteiger partial charge in [-0.15, -0.1) is 0 Å². The standard InChI is InChI=1S/C21H24N2O3/c24-20-19(13-17-8-3-7-16-6-1-2-9-18(16)17)22-21(25)23(20)11-4-5-15-10-12-26-14-15/h1-3,6-9,15,19H,4-5,10-14H2,(H,22,25). The highest BCUT2D eigenvalue weighted by atomic mass is 16.5. The average Bonchev–Trinajstić information content (AvgIpc) is 3.26. The van der Waals surface area contributed by atoms with E-state index in [1.807, 2.05) is 24.3 Å². The molecule has 2 aliphatic rings. The lowest BCUT2D eigenvalue weighted by atomic mass is 9.98. The van der Waals surface area contributed by atoms with E-state index in [1.54, 1.807) is 0 Å². The summed E-state index contributed by atoms with van der Waals surface area (Å²) in [6, 6.07) is 13.5. The number of hydrogen-bond donors (Lipinski definition) is 1. The number of fused-ring (bicyclic) bond motifs is 1. The Kier molecular flexibility index (Phi) is 4.89. The summed E-state index contributed by atoms with van der Waals surface area (Å²) in [5.41, 5.74) is 1.09. The van der Waals surface area contributed by atoms with Crippen LogP contribution in [0.1, 0.15) is 24.8 Å². The zero-order valence-electron chi connectivity index (χ0n) is 14.8. The molecule has 2 fully saturated rings. The molecule has 0 bridgehead atoms. The van der Waals surface area contributed by atoms with Crippen LogP contribution in [-0.4, -0.2) is 42.6 Å². The van der Waals surface area contributed by atoms with Crippen molar-refractivity contribution in [3.05, 3.63) is 48.0 Å². The maximum atomic E-state index is 12.7. The average molecular weight is 352 g/mol. The van der Waals surface area contributed by atoms with Gasteiger partial charge in [-0.25, -0.2) is 4.79 Å². The van der Waals surface area contributed by atoms with E-state index in [4.69, 9.17) is 4.74 Å². The number of nitrogens with one attached hydrogen (secondary N) is 1. The molecule has 0 radical (unpaired) electrons. The summed E-state index contributed by atoms with van der Waals surface area (Å²) in [6.07, 6.45) is 3.46. The summed E-state index contributed by atoms with van der Waals surface area (Å²) in [7, 11) is 0. The maximum absolute atomic E-state index is 12.7. The molecule has 26 heavy (non-hydrogen) atoms. The lowest BCUT2D eigenvalue weighted by molar-refractivity contribution is -0.127. The van der Waals surface area contributed by atoms with Crippen molar-refractivity contribution in [1.82, 2.24) is 10.2 Å². The summed E-state index contributed by atoms with van der Waals surface area (Å²) in [4.78, 5) is 26.3. The van der Waals surface area contributed by atoms with Crippen molar-refractivity contribution < 1.29 is 14.3 Å². The molecule has 0 aliphatic carbocycles. The number of ether oxygens (including phenoxy) is 1. The fourth-order valence-corrected chi connectivity index (χ4v) is 3.97. The molecule has 0 spiro atoms. The molecule has 1 N–H and O–H groups in total. The topological polar surface area (TPSA) is 58.6 Å². The predicted molar refractivity (Wildman–Crippen MR) is 99.8 cm³/mol. The van der Waals surface area contributed by atoms with Gasteiger partial charge >= 0.3 is 6.03 Å². The fourth-order valence-electron chi connectivity index (χ4n) is 3.97. The highest BCUT2D eigenvalue weighted by molar-refractivity contribution is 6.04. The van der Waals surface area contributed by atoms with Crippen LogP contribution in [0.3, 0.4) is 0 Å². The molecule has 4 rings (SSSR count). The van der Waals surface area contributed by atoms with Crippen molar-refractivity contribution in [1.29, 1.82) is 0 Å². The number of hydrogen-bond acceptors (Lipinski definition) is 3. The Bertz CT molecular complexity index is 809. The SMILES string of the molecule is O=C1NC(Cc2cccc3ccccc23)C(=O)N1CCCC1CCOC1. The molecule has 0 aromatic heterocycles. The summed E-state index contributed by atoms with van der Waals surface area (Å²) in [6.45, 7) is 2.14. The van der Waals surface area contributed by atoms with Crippen LogP contribution >= 0.6 is 0 Å². The highest BCUT2D eigenvalue weighted by Gasteiger charge is 2.37. The third-order valence-corrected chi connectivity index (χ3v) is 5.43. The van der Waals surface area contributed by atoms with Gasteiger partial charge < -0.3 is 10.1 Å². The van der Waals surface area contributed by atoms with Gasteiger partial charge in [0.15, 0.2) is 0 Å². The minimum absolute atomic E-state index is 0.106. The van der Waals surface area contributed by atoms with Crippen molar-refractivity contribution in [2.45, 2.75) is 31.7 Å². The van der Waals surface area contributed by atoms with Crippen LogP contribution in [-0.2, 0) is 16.0 Å². The van der Waals surface area contributed by atoms with E-state index in [1.165, 1.54) is 4.90 Å². The van der Waals surface area contributed by atoms with Gasteiger partial charge in [0.2, 0.25) is 0 Å². The summed E-state index contributed by atoms with van der Waals surface area (Å²) < 4.78 is 5.38. The molecular formula is C21H24N2O3. The Hall–Kier alpha value is -2.40. The van der Waals surface area contributed by atoms with Gasteiger partial charge in [-0.1, -0.05) is 42.5 Å². The molecular weight excluding hydrogens is 328 g/mol. The molecule has 5 heteroatoms. The Morgan fingerprint density at radius 3 is 2.81 bits per heavy atom. The largest absolute Gasteiger partial charge is 0.381 e. The molecule has 2 heterocycles. The molecule has 2 aromatic rings. The first-order valence-electron chi connectivity index (χ1n) is 9.38. The number of carbonyl (C=O) groups is 2. The van der Waals surface area contributed by atoms with Crippen LogP contribution < -0.4 is 5.32 Å². The number of carbonyl (C=O) groups excluding carboxylic acids is 2. The van der Waals surface area contributed by atoms with E-state index in [9.17, 15) is 9.59 Å². The van der Waals surface area contributed by atoms with Gasteiger partial charge in [-0.05, 0) is 41.5 Å². The Morgan fingerprint density at radius 2 is 1.96 bits per heavy atom. The van der Waals surface area contributed by atoms with Crippen LogP contribution in [0.2, 0.25) is 0 Å². The fraction of sp³-hybridized carbons (Fsp3) is 0.429. The summed E-state index contributed by atoms with van der Waals surface area (Å²) in [5.74, 6) is 0.466. The molecule has 2 unspecified atom stereocenters. The minimum Gasteiger partial charge on any atom is -0.381 e. The van der Waals surface area contributed by atoms with Crippen molar-refractivity contribution in [3.63, 3.8) is 0 Å². The van der Waals surface area contributed by atoms with Crippen LogP contribution in [0.5, 0.6) is 0 Å². The molecule has 2 aromatic carbocycles. The second kappa shape index (κ2) is 7.46. The molecule has 2 saturated heterocycles. The number of rotatable bonds is 6. The number of benzene rings is 2. The molecule has 2 aliphatic heterocycles. The number of amides is 3. The lowest BCUT2D eigenvalue weighted by Crippen LogP contribution is -2.33. The normalized spacial score (nSPS) is 23.0. The van der Waals surface area contributed by atoms with Crippen molar-refractivity contribution in [2.24, 2.45) is 5.92 Å². The summed E-state index contributed by atoms with van der Waals surface area (Å²) in [5, 5.41) is 5.14. The molecule has 5 nitrogen and oxygen atoms in total. The van der Waals surface area contributed by atoms with E-state index in [-0.39, 0.29) is 11.9 Å². The molecule has 0 saturated carbocycles. The van der Waals surface area contributed by atoms with Gasteiger partial charge in [0.05, 0.1) is 0 Å². The predicted octanol–water partition coefficient (Wildman–Crippen LogP) is 3.12. The first kappa shape index (κ1) is 17.0. The second-order valence-electron chi connectivity index (χ2n) is 7.21. The van der Waals surface area contributed by atoms with E-state index >= 15 is 0 Å². The van der Waals surface area contributed by atoms with E-state index < -0.39 is 6.04 Å². The van der Waals surface area contributed by atoms with Crippen LogP contribution in [0.4, 0.5) is 4.79 Å². The quantitative estimate of drug-likeness (QED) is 0.813. The van der Waals surface area contributed by atoms with Crippen molar-refractivity contribution in [2.75, 3.05) is 19.8 Å². The first-order chi connectivity index (χ1) is 12.7. The first-order valence-corrected chi connectivity index (χ1v) is 9.38. The number of nitrogens with zero attached hydrogens (tertiary/aromatic N) is 1. The maximum Gasteiger partial charge on any atom is 0.324 e. The molecule has 136 valence electrons. The van der Waals surface area contributed by atoms with Crippen LogP contribution in [0.25, 0.3) is 10.8 Å². The Balaban J connectivity index is 1.40. The summed E-state index contributed by atoms with van der Waals surface area (Å²) >= 11 is 0. The van der Waals surface area contributed by atoms with Gasteiger partial charge in [0, 0.05) is 26.2 Å². The van der Waals surface area contributed by atoms with Crippen molar-refractivity contribution >= 4 is 22.7 Å². The van der Waals surface area contributed by atoms with E-state index in [2.05, 4.69) is 23.5 Å². The zero-order valence-corrected chi connectivity index (χ0v) is 14.8. The van der Waals surface area contributed by atoms with Crippen LogP contribution in [0.15, 0.2) is 42.5 Å². The van der Waals surface area contributed by atoms with Crippen molar-refractivity contribution in [3.8, 4) is 0 Å². The third kappa shape index (κ3) is 3.44. The highest BCUT2D eigenvalue weighted by Crippen LogP contribution is 2.22. The molecule has 2 atom stereocenters. The Morgan fingerprint density at radius 1 is 1.12 bits per heavy atom. The lowest BCUT2D eigenvalue weighted by Gasteiger charge is -2.14. The second-order valence-corrected chi connectivity index (χ2v) is 7.21.